The number of ketones is 1. The highest BCUT2D eigenvalue weighted by atomic mass is 35.5. The van der Waals surface area contributed by atoms with Crippen LogP contribution in [-0.4, -0.2) is 17.9 Å². The number of rotatable bonds is 3. The molecule has 0 aliphatic rings. The van der Waals surface area contributed by atoms with E-state index >= 15 is 0 Å². The Morgan fingerprint density at radius 1 is 1.60 bits per heavy atom. The van der Waals surface area contributed by atoms with Gasteiger partial charge in [-0.2, -0.15) is 5.26 Å². The first kappa shape index (κ1) is 11.3. The predicted molar refractivity (Wildman–Crippen MR) is 51.6 cm³/mol. The number of halogens is 2. The quantitative estimate of drug-likeness (QED) is 0.449. The first-order valence-corrected chi connectivity index (χ1v) is 4.46. The normalized spacial score (nSPS) is 9.40. The van der Waals surface area contributed by atoms with Crippen LogP contribution in [0.25, 0.3) is 0 Å². The number of nitriles is 1. The van der Waals surface area contributed by atoms with Crippen LogP contribution in [0.3, 0.4) is 0 Å². The molecule has 0 aliphatic heterocycles. The van der Waals surface area contributed by atoms with E-state index in [-0.39, 0.29) is 17.0 Å². The molecule has 5 heteroatoms. The van der Waals surface area contributed by atoms with E-state index in [1.54, 1.807) is 0 Å². The Bertz CT molecular complexity index is 465. The molecule has 0 spiro atoms. The summed E-state index contributed by atoms with van der Waals surface area (Å²) >= 11 is 5.26. The standard InChI is InChI=1S/C10H5ClFNO2/c11-3-9(15)7-2-1-6(5-14)8(4-13)10(7)12/h1-2,5H,3H2. The molecular formula is C10H5ClFNO2. The van der Waals surface area contributed by atoms with Crippen LogP contribution in [-0.2, 0) is 0 Å². The minimum absolute atomic E-state index is 0.0823. The topological polar surface area (TPSA) is 57.9 Å². The maximum atomic E-state index is 13.5. The first-order valence-electron chi connectivity index (χ1n) is 3.92. The molecule has 3 nitrogen and oxygen atoms in total. The van der Waals surface area contributed by atoms with Crippen LogP contribution in [0.4, 0.5) is 4.39 Å². The summed E-state index contributed by atoms with van der Waals surface area (Å²) in [5.41, 5.74) is -0.783. The molecule has 1 rings (SSSR count). The molecular weight excluding hydrogens is 221 g/mol. The third-order valence-electron chi connectivity index (χ3n) is 1.83. The lowest BCUT2D eigenvalue weighted by atomic mass is 10.0. The molecule has 0 N–H and O–H groups in total. The lowest BCUT2D eigenvalue weighted by molar-refractivity contribution is 0.101. The number of Topliss-reactive ketones (excluding diaryl/α,β-unsaturated/α-hetero) is 1. The number of hydrogen-bond donors (Lipinski definition) is 0. The maximum Gasteiger partial charge on any atom is 0.180 e. The Morgan fingerprint density at radius 3 is 2.73 bits per heavy atom. The lowest BCUT2D eigenvalue weighted by Gasteiger charge is -2.02. The number of alkyl halides is 1. The SMILES string of the molecule is N#Cc1c(C=O)ccc(C(=O)CCl)c1F. The summed E-state index contributed by atoms with van der Waals surface area (Å²) in [5.74, 6) is -1.99. The molecule has 0 atom stereocenters. The van der Waals surface area contributed by atoms with Gasteiger partial charge in [0.25, 0.3) is 0 Å². The smallest absolute Gasteiger partial charge is 0.180 e. The second kappa shape index (κ2) is 4.67. The molecule has 0 saturated heterocycles. The maximum absolute atomic E-state index is 13.5. The van der Waals surface area contributed by atoms with E-state index in [4.69, 9.17) is 16.9 Å². The van der Waals surface area contributed by atoms with Gasteiger partial charge in [-0.3, -0.25) is 9.59 Å². The van der Waals surface area contributed by atoms with E-state index in [1.807, 2.05) is 0 Å². The summed E-state index contributed by atoms with van der Waals surface area (Å²) in [6, 6.07) is 3.89. The van der Waals surface area contributed by atoms with Gasteiger partial charge >= 0.3 is 0 Å². The van der Waals surface area contributed by atoms with Gasteiger partial charge in [0.2, 0.25) is 0 Å². The highest BCUT2D eigenvalue weighted by Crippen LogP contribution is 2.16. The molecule has 76 valence electrons. The average molecular weight is 226 g/mol. The van der Waals surface area contributed by atoms with E-state index in [9.17, 15) is 14.0 Å². The van der Waals surface area contributed by atoms with Crippen LogP contribution in [0.1, 0.15) is 26.3 Å². The summed E-state index contributed by atoms with van der Waals surface area (Å²) in [5, 5.41) is 8.62. The van der Waals surface area contributed by atoms with Crippen molar-refractivity contribution < 1.29 is 14.0 Å². The molecule has 1 aromatic rings. The summed E-state index contributed by atoms with van der Waals surface area (Å²) in [7, 11) is 0. The Balaban J connectivity index is 3.43. The average Bonchev–Trinajstić information content (AvgIpc) is 2.27. The van der Waals surface area contributed by atoms with Crippen LogP contribution >= 0.6 is 11.6 Å². The molecule has 0 bridgehead atoms. The van der Waals surface area contributed by atoms with Crippen molar-refractivity contribution in [2.24, 2.45) is 0 Å². The van der Waals surface area contributed by atoms with Crippen LogP contribution in [0, 0.1) is 17.1 Å². The van der Waals surface area contributed by atoms with E-state index in [2.05, 4.69) is 0 Å². The fourth-order valence-electron chi connectivity index (χ4n) is 1.09. The summed E-state index contributed by atoms with van der Waals surface area (Å²) in [4.78, 5) is 21.6. The fourth-order valence-corrected chi connectivity index (χ4v) is 1.23. The highest BCUT2D eigenvalue weighted by molar-refractivity contribution is 6.30. The number of benzene rings is 1. The summed E-state index contributed by atoms with van der Waals surface area (Å²) in [6.45, 7) is 0. The lowest BCUT2D eigenvalue weighted by Crippen LogP contribution is -2.07. The second-order valence-corrected chi connectivity index (χ2v) is 2.95. The third kappa shape index (κ3) is 2.03. The van der Waals surface area contributed by atoms with Crippen LogP contribution in [0.2, 0.25) is 0 Å². The van der Waals surface area contributed by atoms with Gasteiger partial charge in [0.05, 0.1) is 17.0 Å². The molecule has 0 aliphatic carbocycles. The third-order valence-corrected chi connectivity index (χ3v) is 2.08. The molecule has 0 heterocycles. The van der Waals surface area contributed by atoms with Crippen LogP contribution in [0.5, 0.6) is 0 Å². The molecule has 15 heavy (non-hydrogen) atoms. The van der Waals surface area contributed by atoms with Gasteiger partial charge in [-0.1, -0.05) is 0 Å². The Kier molecular flexibility index (Phi) is 3.53. The molecule has 0 amide bonds. The Hall–Kier alpha value is -1.73. The van der Waals surface area contributed by atoms with Crippen molar-refractivity contribution in [3.8, 4) is 6.07 Å². The zero-order chi connectivity index (χ0) is 11.4. The predicted octanol–water partition coefficient (Wildman–Crippen LogP) is 1.93. The molecule has 1 aromatic carbocycles. The van der Waals surface area contributed by atoms with E-state index in [0.29, 0.717) is 6.29 Å². The van der Waals surface area contributed by atoms with E-state index in [1.165, 1.54) is 12.1 Å². The van der Waals surface area contributed by atoms with Gasteiger partial charge in [-0.05, 0) is 12.1 Å². The minimum atomic E-state index is -0.993. The first-order chi connectivity index (χ1) is 7.15. The minimum Gasteiger partial charge on any atom is -0.298 e. The van der Waals surface area contributed by atoms with Crippen LogP contribution < -0.4 is 0 Å². The van der Waals surface area contributed by atoms with E-state index < -0.39 is 17.2 Å². The van der Waals surface area contributed by atoms with Crippen molar-refractivity contribution in [1.29, 1.82) is 5.26 Å². The monoisotopic (exact) mass is 225 g/mol. The number of nitrogens with zero attached hydrogens (tertiary/aromatic N) is 1. The van der Waals surface area contributed by atoms with Crippen molar-refractivity contribution >= 4 is 23.7 Å². The molecule has 0 radical (unpaired) electrons. The second-order valence-electron chi connectivity index (χ2n) is 2.68. The van der Waals surface area contributed by atoms with Crippen molar-refractivity contribution in [2.45, 2.75) is 0 Å². The van der Waals surface area contributed by atoms with E-state index in [0.717, 1.165) is 6.07 Å². The number of carbonyl (C=O) groups excluding carboxylic acids is 2. The Morgan fingerprint density at radius 2 is 2.27 bits per heavy atom. The summed E-state index contributed by atoms with van der Waals surface area (Å²) in [6.07, 6.45) is 0.358. The fraction of sp³-hybridized carbons (Fsp3) is 0.100. The zero-order valence-electron chi connectivity index (χ0n) is 7.46. The van der Waals surface area contributed by atoms with Gasteiger partial charge in [0.1, 0.15) is 6.07 Å². The number of aldehydes is 1. The summed E-state index contributed by atoms with van der Waals surface area (Å²) < 4.78 is 13.5. The molecule has 0 saturated carbocycles. The largest absolute Gasteiger partial charge is 0.298 e. The molecule has 0 aromatic heterocycles. The van der Waals surface area contributed by atoms with Gasteiger partial charge in [0, 0.05) is 5.56 Å². The van der Waals surface area contributed by atoms with Crippen molar-refractivity contribution in [2.75, 3.05) is 5.88 Å². The molecule has 0 fully saturated rings. The van der Waals surface area contributed by atoms with Crippen LogP contribution in [0.15, 0.2) is 12.1 Å². The zero-order valence-corrected chi connectivity index (χ0v) is 8.21. The highest BCUT2D eigenvalue weighted by Gasteiger charge is 2.17. The molecule has 0 unspecified atom stereocenters. The van der Waals surface area contributed by atoms with Gasteiger partial charge in [0.15, 0.2) is 17.9 Å². The van der Waals surface area contributed by atoms with Crippen molar-refractivity contribution in [3.05, 3.63) is 34.6 Å². The number of hydrogen-bond acceptors (Lipinski definition) is 3. The van der Waals surface area contributed by atoms with Crippen molar-refractivity contribution in [1.82, 2.24) is 0 Å². The number of carbonyl (C=O) groups is 2. The van der Waals surface area contributed by atoms with Gasteiger partial charge < -0.3 is 0 Å². The van der Waals surface area contributed by atoms with Gasteiger partial charge in [-0.25, -0.2) is 4.39 Å². The van der Waals surface area contributed by atoms with Gasteiger partial charge in [-0.15, -0.1) is 11.6 Å². The van der Waals surface area contributed by atoms with Crippen molar-refractivity contribution in [3.63, 3.8) is 0 Å². The Labute approximate surface area is 90.1 Å².